The van der Waals surface area contributed by atoms with Gasteiger partial charge in [-0.15, -0.1) is 0 Å². The summed E-state index contributed by atoms with van der Waals surface area (Å²) in [6.07, 6.45) is 4.75. The maximum absolute atomic E-state index is 13.0. The molecule has 0 radical (unpaired) electrons. The molecule has 2 aromatic heterocycles. The van der Waals surface area contributed by atoms with Crippen molar-refractivity contribution < 1.29 is 17.9 Å². The van der Waals surface area contributed by atoms with Gasteiger partial charge in [0.2, 0.25) is 5.88 Å². The zero-order valence-corrected chi connectivity index (χ0v) is 19.8. The van der Waals surface area contributed by atoms with Crippen LogP contribution in [0.5, 0.6) is 5.88 Å². The first-order valence-electron chi connectivity index (χ1n) is 10.9. The number of anilines is 1. The molecule has 2 aliphatic rings. The van der Waals surface area contributed by atoms with E-state index in [1.165, 1.54) is 6.07 Å². The molecule has 8 nitrogen and oxygen atoms in total. The molecule has 1 aliphatic carbocycles. The molecule has 9 heteroatoms. The summed E-state index contributed by atoms with van der Waals surface area (Å²) in [5, 5.41) is -0.259. The summed E-state index contributed by atoms with van der Waals surface area (Å²) in [6.45, 7) is 9.72. The van der Waals surface area contributed by atoms with Gasteiger partial charge in [-0.25, -0.2) is 9.71 Å². The highest BCUT2D eigenvalue weighted by molar-refractivity contribution is 7.90. The minimum Gasteiger partial charge on any atom is -0.477 e. The predicted octanol–water partition coefficient (Wildman–Crippen LogP) is 3.40. The number of rotatable bonds is 7. The molecule has 1 amide bonds. The van der Waals surface area contributed by atoms with Crippen LogP contribution >= 0.6 is 0 Å². The molecule has 1 saturated heterocycles. The molecule has 32 heavy (non-hydrogen) atoms. The van der Waals surface area contributed by atoms with Crippen LogP contribution < -0.4 is 14.4 Å². The first-order chi connectivity index (χ1) is 15.0. The summed E-state index contributed by atoms with van der Waals surface area (Å²) >= 11 is 0. The molecule has 1 aliphatic heterocycles. The average molecular weight is 459 g/mol. The van der Waals surface area contributed by atoms with Crippen LogP contribution in [-0.4, -0.2) is 43.0 Å². The Balaban J connectivity index is 1.54. The van der Waals surface area contributed by atoms with Crippen LogP contribution in [0.1, 0.15) is 57.3 Å². The Morgan fingerprint density at radius 1 is 1.22 bits per heavy atom. The van der Waals surface area contributed by atoms with Crippen LogP contribution in [0.4, 0.5) is 5.82 Å². The molecule has 3 heterocycles. The molecule has 2 fully saturated rings. The molecule has 1 N–H and O–H groups in total. The Kier molecular flexibility index (Phi) is 5.65. The lowest BCUT2D eigenvalue weighted by Crippen LogP contribution is -2.43. The molecule has 172 valence electrons. The predicted molar refractivity (Wildman–Crippen MR) is 121 cm³/mol. The van der Waals surface area contributed by atoms with Gasteiger partial charge in [0.15, 0.2) is 5.03 Å². The van der Waals surface area contributed by atoms with E-state index in [4.69, 9.17) is 4.74 Å². The lowest BCUT2D eigenvalue weighted by Gasteiger charge is -2.36. The normalized spacial score (nSPS) is 21.2. The van der Waals surface area contributed by atoms with Crippen molar-refractivity contribution in [3.63, 3.8) is 0 Å². The van der Waals surface area contributed by atoms with Crippen molar-refractivity contribution in [3.8, 4) is 5.88 Å². The van der Waals surface area contributed by atoms with Gasteiger partial charge in [-0.05, 0) is 57.2 Å². The van der Waals surface area contributed by atoms with Gasteiger partial charge in [-0.2, -0.15) is 13.4 Å². The van der Waals surface area contributed by atoms with E-state index in [2.05, 4.69) is 47.3 Å². The van der Waals surface area contributed by atoms with E-state index in [1.807, 2.05) is 0 Å². The summed E-state index contributed by atoms with van der Waals surface area (Å²) in [5.41, 5.74) is 0.156. The molecule has 0 spiro atoms. The highest BCUT2D eigenvalue weighted by Gasteiger charge is 2.41. The average Bonchev–Trinajstić information content (AvgIpc) is 3.43. The number of amides is 1. The zero-order valence-electron chi connectivity index (χ0n) is 19.0. The summed E-state index contributed by atoms with van der Waals surface area (Å²) in [6, 6.07) is 7.73. The molecular weight excluding hydrogens is 428 g/mol. The smallest absolute Gasteiger partial charge is 0.281 e. The number of nitrogens with zero attached hydrogens (tertiary/aromatic N) is 3. The van der Waals surface area contributed by atoms with E-state index in [-0.39, 0.29) is 27.4 Å². The maximum Gasteiger partial charge on any atom is 0.281 e. The fourth-order valence-corrected chi connectivity index (χ4v) is 4.79. The van der Waals surface area contributed by atoms with Crippen LogP contribution in [0.15, 0.2) is 41.6 Å². The van der Waals surface area contributed by atoms with E-state index in [9.17, 15) is 13.2 Å². The van der Waals surface area contributed by atoms with Crippen molar-refractivity contribution >= 4 is 21.7 Å². The number of ether oxygens (including phenoxy) is 1. The van der Waals surface area contributed by atoms with Crippen molar-refractivity contribution in [2.45, 2.75) is 57.5 Å². The minimum absolute atomic E-state index is 0.141. The highest BCUT2D eigenvalue weighted by Crippen LogP contribution is 2.45. The third-order valence-electron chi connectivity index (χ3n) is 6.85. The Hall–Kier alpha value is -2.68. The number of pyridine rings is 2. The first kappa shape index (κ1) is 22.5. The van der Waals surface area contributed by atoms with Gasteiger partial charge in [0.05, 0.1) is 12.2 Å². The lowest BCUT2D eigenvalue weighted by molar-refractivity contribution is 0.0981. The fourth-order valence-electron chi connectivity index (χ4n) is 3.86. The number of sulfonamides is 1. The second-order valence-electron chi connectivity index (χ2n) is 9.72. The number of carbonyl (C=O) groups is 1. The molecule has 0 aromatic carbocycles. The van der Waals surface area contributed by atoms with Crippen LogP contribution in [0, 0.1) is 11.3 Å². The quantitative estimate of drug-likeness (QED) is 0.678. The van der Waals surface area contributed by atoms with Crippen molar-refractivity contribution in [1.82, 2.24) is 14.7 Å². The second-order valence-corrected chi connectivity index (χ2v) is 11.3. The zero-order chi connectivity index (χ0) is 23.1. The van der Waals surface area contributed by atoms with Gasteiger partial charge in [0.25, 0.3) is 15.9 Å². The number of aromatic nitrogens is 2. The summed E-state index contributed by atoms with van der Waals surface area (Å²) < 4.78 is 33.6. The third kappa shape index (κ3) is 4.44. The maximum atomic E-state index is 13.0. The highest BCUT2D eigenvalue weighted by atomic mass is 32.2. The number of hydrogen-bond donors (Lipinski definition) is 1. The van der Waals surface area contributed by atoms with Gasteiger partial charge >= 0.3 is 0 Å². The molecule has 1 atom stereocenters. The standard InChI is InChI=1S/C23H30N4O4S/c1-16-10-14-27(22(16,2)3)20-17(7-6-13-24-20)21(28)26-32(29,30)19-9-5-8-18(25-19)31-15-23(4)11-12-23/h5-9,13,16H,10-12,14-15H2,1-4H3,(H,26,28). The number of hydrogen-bond acceptors (Lipinski definition) is 7. The van der Waals surface area contributed by atoms with Crippen molar-refractivity contribution in [2.24, 2.45) is 11.3 Å². The minimum atomic E-state index is -4.19. The fraction of sp³-hybridized carbons (Fsp3) is 0.522. The van der Waals surface area contributed by atoms with E-state index in [0.717, 1.165) is 25.8 Å². The second kappa shape index (κ2) is 8.03. The van der Waals surface area contributed by atoms with Crippen molar-refractivity contribution in [3.05, 3.63) is 42.1 Å². The van der Waals surface area contributed by atoms with Gasteiger partial charge in [-0.3, -0.25) is 4.79 Å². The topological polar surface area (TPSA) is 101 Å². The summed E-state index contributed by atoms with van der Waals surface area (Å²) in [7, 11) is -4.19. The molecule has 4 rings (SSSR count). The summed E-state index contributed by atoms with van der Waals surface area (Å²) in [5.74, 6) is 0.386. The third-order valence-corrected chi connectivity index (χ3v) is 8.08. The van der Waals surface area contributed by atoms with E-state index in [1.54, 1.807) is 30.5 Å². The number of carbonyl (C=O) groups excluding carboxylic acids is 1. The largest absolute Gasteiger partial charge is 0.477 e. The molecule has 1 unspecified atom stereocenters. The van der Waals surface area contributed by atoms with E-state index < -0.39 is 15.9 Å². The first-order valence-corrected chi connectivity index (χ1v) is 12.4. The van der Waals surface area contributed by atoms with Gasteiger partial charge in [-0.1, -0.05) is 19.9 Å². The Labute approximate surface area is 189 Å². The van der Waals surface area contributed by atoms with Crippen LogP contribution in [0.2, 0.25) is 0 Å². The van der Waals surface area contributed by atoms with Gasteiger partial charge in [0.1, 0.15) is 5.82 Å². The molecule has 2 aromatic rings. The molecular formula is C23H30N4O4S. The van der Waals surface area contributed by atoms with Crippen molar-refractivity contribution in [2.75, 3.05) is 18.1 Å². The van der Waals surface area contributed by atoms with Crippen LogP contribution in [0.3, 0.4) is 0 Å². The molecule has 1 saturated carbocycles. The van der Waals surface area contributed by atoms with E-state index >= 15 is 0 Å². The Bertz CT molecular complexity index is 1130. The van der Waals surface area contributed by atoms with Crippen LogP contribution in [0.25, 0.3) is 0 Å². The lowest BCUT2D eigenvalue weighted by atomic mass is 9.90. The monoisotopic (exact) mass is 458 g/mol. The van der Waals surface area contributed by atoms with Gasteiger partial charge < -0.3 is 9.64 Å². The van der Waals surface area contributed by atoms with E-state index in [0.29, 0.717) is 18.3 Å². The Morgan fingerprint density at radius 3 is 2.62 bits per heavy atom. The SMILES string of the molecule is CC1CCN(c2ncccc2C(=O)NS(=O)(=O)c2cccc(OCC3(C)CC3)n2)C1(C)C. The Morgan fingerprint density at radius 2 is 1.97 bits per heavy atom. The van der Waals surface area contributed by atoms with Gasteiger partial charge in [0, 0.05) is 29.8 Å². The van der Waals surface area contributed by atoms with Crippen molar-refractivity contribution in [1.29, 1.82) is 0 Å². The van der Waals surface area contributed by atoms with Crippen LogP contribution in [-0.2, 0) is 10.0 Å². The molecule has 0 bridgehead atoms. The number of nitrogens with one attached hydrogen (secondary N) is 1. The summed E-state index contributed by atoms with van der Waals surface area (Å²) in [4.78, 5) is 23.6.